The smallest absolute Gasteiger partial charge is 0.230 e. The molecule has 0 bridgehead atoms. The van der Waals surface area contributed by atoms with Gasteiger partial charge in [-0.15, -0.1) is 11.8 Å². The lowest BCUT2D eigenvalue weighted by atomic mass is 9.86. The van der Waals surface area contributed by atoms with E-state index >= 15 is 0 Å². The first-order valence-corrected chi connectivity index (χ1v) is 9.54. The lowest BCUT2D eigenvalue weighted by Gasteiger charge is -2.29. The predicted molar refractivity (Wildman–Crippen MR) is 96.5 cm³/mol. The highest BCUT2D eigenvalue weighted by Crippen LogP contribution is 2.28. The topological polar surface area (TPSA) is 57.8 Å². The molecule has 1 aliphatic rings. The summed E-state index contributed by atoms with van der Waals surface area (Å²) in [7, 11) is 0. The van der Waals surface area contributed by atoms with E-state index in [0.29, 0.717) is 17.7 Å². The average molecular weight is 331 g/mol. The summed E-state index contributed by atoms with van der Waals surface area (Å²) in [6.45, 7) is 4.34. The Bertz CT molecular complexity index is 636. The van der Waals surface area contributed by atoms with Crippen LogP contribution < -0.4 is 5.32 Å². The van der Waals surface area contributed by atoms with E-state index in [9.17, 15) is 4.79 Å². The van der Waals surface area contributed by atoms with E-state index in [4.69, 9.17) is 0 Å². The summed E-state index contributed by atoms with van der Waals surface area (Å²) in [6.07, 6.45) is 4.88. The third-order valence-corrected chi connectivity index (χ3v) is 5.87. The van der Waals surface area contributed by atoms with E-state index in [-0.39, 0.29) is 11.2 Å². The number of nitrogens with one attached hydrogen (secondary N) is 2. The van der Waals surface area contributed by atoms with Crippen LogP contribution >= 0.6 is 11.8 Å². The molecule has 1 fully saturated rings. The zero-order valence-electron chi connectivity index (χ0n) is 13.8. The number of carbonyl (C=O) groups is 1. The maximum absolute atomic E-state index is 12.2. The number of aromatic amines is 1. The number of aromatic nitrogens is 2. The second-order valence-corrected chi connectivity index (χ2v) is 7.86. The number of fused-ring (bicyclic) bond motifs is 1. The van der Waals surface area contributed by atoms with Gasteiger partial charge in [0.1, 0.15) is 5.82 Å². The fourth-order valence-corrected chi connectivity index (χ4v) is 3.98. The minimum absolute atomic E-state index is 0.150. The molecule has 1 aromatic carbocycles. The van der Waals surface area contributed by atoms with Crippen LogP contribution in [-0.2, 0) is 4.79 Å². The molecule has 1 aromatic heterocycles. The number of imidazole rings is 1. The van der Waals surface area contributed by atoms with Crippen molar-refractivity contribution in [2.45, 2.75) is 50.8 Å². The van der Waals surface area contributed by atoms with E-state index in [0.717, 1.165) is 23.3 Å². The van der Waals surface area contributed by atoms with Gasteiger partial charge in [0.2, 0.25) is 5.91 Å². The molecule has 2 N–H and O–H groups in total. The van der Waals surface area contributed by atoms with E-state index in [2.05, 4.69) is 29.1 Å². The Morgan fingerprint density at radius 1 is 1.39 bits per heavy atom. The van der Waals surface area contributed by atoms with Crippen LogP contribution in [0, 0.1) is 5.92 Å². The van der Waals surface area contributed by atoms with Gasteiger partial charge in [-0.1, -0.05) is 31.9 Å². The maximum atomic E-state index is 12.2. The van der Waals surface area contributed by atoms with Crippen molar-refractivity contribution in [2.24, 2.45) is 5.92 Å². The van der Waals surface area contributed by atoms with Crippen molar-refractivity contribution < 1.29 is 4.79 Å². The molecule has 1 saturated carbocycles. The van der Waals surface area contributed by atoms with Crippen molar-refractivity contribution in [1.29, 1.82) is 0 Å². The summed E-state index contributed by atoms with van der Waals surface area (Å²) in [5.74, 6) is 2.18. The van der Waals surface area contributed by atoms with Crippen molar-refractivity contribution in [3.63, 3.8) is 0 Å². The highest BCUT2D eigenvalue weighted by molar-refractivity contribution is 8.00. The number of para-hydroxylation sites is 2. The standard InChI is InChI=1S/C18H25N3OS/c1-12-7-3-4-8-14(12)19-17(22)11-23-13(2)18-20-15-9-5-6-10-16(15)21-18/h5-6,9-10,12-14H,3-4,7-8,11H2,1-2H3,(H,19,22)(H,20,21). The summed E-state index contributed by atoms with van der Waals surface area (Å²) in [5.41, 5.74) is 2.03. The van der Waals surface area contributed by atoms with E-state index in [1.165, 1.54) is 19.3 Å². The predicted octanol–water partition coefficient (Wildman–Crippen LogP) is 4.05. The molecule has 0 spiro atoms. The molecular formula is C18H25N3OS. The first-order chi connectivity index (χ1) is 11.1. The molecule has 4 nitrogen and oxygen atoms in total. The molecule has 1 heterocycles. The number of nitrogens with zero attached hydrogens (tertiary/aromatic N) is 1. The Morgan fingerprint density at radius 3 is 2.96 bits per heavy atom. The molecule has 124 valence electrons. The highest BCUT2D eigenvalue weighted by Gasteiger charge is 2.23. The molecule has 0 radical (unpaired) electrons. The van der Waals surface area contributed by atoms with Gasteiger partial charge in [-0.25, -0.2) is 4.98 Å². The molecule has 3 rings (SSSR count). The van der Waals surface area contributed by atoms with Crippen molar-refractivity contribution in [3.8, 4) is 0 Å². The van der Waals surface area contributed by atoms with Gasteiger partial charge in [0.15, 0.2) is 0 Å². The van der Waals surface area contributed by atoms with Crippen molar-refractivity contribution >= 4 is 28.7 Å². The number of carbonyl (C=O) groups excluding carboxylic acids is 1. The van der Waals surface area contributed by atoms with Crippen LogP contribution in [0.25, 0.3) is 11.0 Å². The number of hydrogen-bond acceptors (Lipinski definition) is 3. The summed E-state index contributed by atoms with van der Waals surface area (Å²) in [6, 6.07) is 8.38. The lowest BCUT2D eigenvalue weighted by molar-refractivity contribution is -0.119. The monoisotopic (exact) mass is 331 g/mol. The Morgan fingerprint density at radius 2 is 2.17 bits per heavy atom. The van der Waals surface area contributed by atoms with Gasteiger partial charge < -0.3 is 10.3 Å². The zero-order valence-corrected chi connectivity index (χ0v) is 14.7. The normalized spacial score (nSPS) is 22.9. The van der Waals surface area contributed by atoms with Gasteiger partial charge in [-0.2, -0.15) is 0 Å². The molecule has 3 atom stereocenters. The minimum atomic E-state index is 0.150. The molecule has 0 aliphatic heterocycles. The largest absolute Gasteiger partial charge is 0.352 e. The number of hydrogen-bond donors (Lipinski definition) is 2. The number of benzene rings is 1. The van der Waals surface area contributed by atoms with Crippen LogP contribution in [0.5, 0.6) is 0 Å². The van der Waals surface area contributed by atoms with Crippen molar-refractivity contribution in [1.82, 2.24) is 15.3 Å². The van der Waals surface area contributed by atoms with Gasteiger partial charge >= 0.3 is 0 Å². The highest BCUT2D eigenvalue weighted by atomic mass is 32.2. The molecule has 0 saturated heterocycles. The molecule has 1 aliphatic carbocycles. The van der Waals surface area contributed by atoms with Crippen LogP contribution in [-0.4, -0.2) is 27.7 Å². The van der Waals surface area contributed by atoms with Crippen LogP contribution in [0.1, 0.15) is 50.6 Å². The van der Waals surface area contributed by atoms with Gasteiger partial charge in [0.05, 0.1) is 22.0 Å². The maximum Gasteiger partial charge on any atom is 0.230 e. The van der Waals surface area contributed by atoms with Crippen molar-refractivity contribution in [2.75, 3.05) is 5.75 Å². The van der Waals surface area contributed by atoms with Crippen LogP contribution in [0.4, 0.5) is 0 Å². The van der Waals surface area contributed by atoms with Gasteiger partial charge in [-0.3, -0.25) is 4.79 Å². The second kappa shape index (κ2) is 7.39. The fourth-order valence-electron chi connectivity index (χ4n) is 3.22. The molecule has 1 amide bonds. The molecule has 23 heavy (non-hydrogen) atoms. The van der Waals surface area contributed by atoms with Crippen LogP contribution in [0.2, 0.25) is 0 Å². The Hall–Kier alpha value is -1.49. The summed E-state index contributed by atoms with van der Waals surface area (Å²) in [4.78, 5) is 20.2. The zero-order chi connectivity index (χ0) is 16.2. The summed E-state index contributed by atoms with van der Waals surface area (Å²) < 4.78 is 0. The number of H-pyrrole nitrogens is 1. The molecule has 5 heteroatoms. The van der Waals surface area contributed by atoms with E-state index < -0.39 is 0 Å². The van der Waals surface area contributed by atoms with E-state index in [1.807, 2.05) is 24.3 Å². The van der Waals surface area contributed by atoms with Crippen LogP contribution in [0.3, 0.4) is 0 Å². The fraction of sp³-hybridized carbons (Fsp3) is 0.556. The van der Waals surface area contributed by atoms with Gasteiger partial charge in [0, 0.05) is 6.04 Å². The van der Waals surface area contributed by atoms with Crippen LogP contribution in [0.15, 0.2) is 24.3 Å². The second-order valence-electron chi connectivity index (χ2n) is 6.53. The number of rotatable bonds is 5. The average Bonchev–Trinajstić information content (AvgIpc) is 2.99. The van der Waals surface area contributed by atoms with Crippen molar-refractivity contribution in [3.05, 3.63) is 30.1 Å². The van der Waals surface area contributed by atoms with E-state index in [1.54, 1.807) is 11.8 Å². The summed E-state index contributed by atoms with van der Waals surface area (Å²) >= 11 is 1.64. The molecule has 2 aromatic rings. The lowest BCUT2D eigenvalue weighted by Crippen LogP contribution is -2.41. The third-order valence-electron chi connectivity index (χ3n) is 4.72. The van der Waals surface area contributed by atoms with Gasteiger partial charge in [0.25, 0.3) is 0 Å². The molecule has 3 unspecified atom stereocenters. The SMILES string of the molecule is CC(SCC(=O)NC1CCCCC1C)c1nc2ccccc2[nH]1. The first kappa shape index (κ1) is 16.4. The Balaban J connectivity index is 1.51. The molecular weight excluding hydrogens is 306 g/mol. The number of thioether (sulfide) groups is 1. The number of amides is 1. The first-order valence-electron chi connectivity index (χ1n) is 8.49. The summed E-state index contributed by atoms with van der Waals surface area (Å²) in [5, 5.41) is 3.39. The quantitative estimate of drug-likeness (QED) is 0.869. The minimum Gasteiger partial charge on any atom is -0.352 e. The van der Waals surface area contributed by atoms with Gasteiger partial charge in [-0.05, 0) is 37.8 Å². The third kappa shape index (κ3) is 4.08. The Labute approximate surface area is 141 Å². The Kier molecular flexibility index (Phi) is 5.26.